The third kappa shape index (κ3) is 18.2. The molecule has 0 bridgehead atoms. The molecule has 1 aliphatic carbocycles. The lowest BCUT2D eigenvalue weighted by Crippen LogP contribution is -2.50. The number of thiophene rings is 1. The van der Waals surface area contributed by atoms with E-state index in [9.17, 15) is 54.7 Å². The molecule has 4 aliphatic rings. The van der Waals surface area contributed by atoms with E-state index in [-0.39, 0.29) is 68.0 Å². The Morgan fingerprint density at radius 1 is 0.680 bits per heavy atom. The molecule has 5 aromatic carbocycles. The number of carbonyl (C=O) groups excluding carboxylic acids is 5. The van der Waals surface area contributed by atoms with E-state index in [0.717, 1.165) is 102 Å². The Morgan fingerprint density at radius 3 is 2.03 bits per heavy atom. The summed E-state index contributed by atoms with van der Waals surface area (Å²) in [6.07, 6.45) is -1.11. The molecule has 6 aromatic rings. The number of likely N-dealkylation sites (N-methyl/N-ethyl adjacent to an activating group) is 2. The number of alkyl halides is 6. The smallest absolute Gasteiger partial charge is 0.416 e. The highest BCUT2D eigenvalue weighted by Gasteiger charge is 2.50. The van der Waals surface area contributed by atoms with Crippen LogP contribution in [0.2, 0.25) is 0 Å². The Morgan fingerprint density at radius 2 is 1.32 bits per heavy atom. The fourth-order valence-electron chi connectivity index (χ4n) is 14.1. The fraction of sp³-hybridized carbons (Fsp3) is 0.480. The van der Waals surface area contributed by atoms with E-state index in [0.29, 0.717) is 93.9 Å². The predicted molar refractivity (Wildman–Crippen MR) is 357 cm³/mol. The first-order valence-corrected chi connectivity index (χ1v) is 34.5. The van der Waals surface area contributed by atoms with E-state index in [1.54, 1.807) is 23.9 Å². The van der Waals surface area contributed by atoms with Crippen molar-refractivity contribution in [2.24, 2.45) is 0 Å². The molecule has 0 N–H and O–H groups in total. The number of ether oxygens (including phenoxy) is 3. The number of aryl methyl sites for hydroxylation is 2. The van der Waals surface area contributed by atoms with E-state index in [2.05, 4.69) is 28.0 Å². The molecule has 14 nitrogen and oxygen atoms in total. The van der Waals surface area contributed by atoms with Gasteiger partial charge in [0.15, 0.2) is 0 Å². The minimum atomic E-state index is -5.15. The average Bonchev–Trinajstić information content (AvgIpc) is 1.61. The minimum absolute atomic E-state index is 0.0261. The zero-order valence-corrected chi connectivity index (χ0v) is 56.5. The van der Waals surface area contributed by atoms with Crippen molar-refractivity contribution in [3.63, 3.8) is 0 Å². The summed E-state index contributed by atoms with van der Waals surface area (Å²) in [6.45, 7) is 6.74. The lowest BCUT2D eigenvalue weighted by atomic mass is 9.72. The lowest BCUT2D eigenvalue weighted by Gasteiger charge is -2.44. The van der Waals surface area contributed by atoms with Crippen molar-refractivity contribution >= 4 is 40.9 Å². The number of hydrogen-bond acceptors (Lipinski definition) is 11. The van der Waals surface area contributed by atoms with Crippen LogP contribution in [0.5, 0.6) is 0 Å². The molecular weight excluding hydrogens is 1280 g/mol. The van der Waals surface area contributed by atoms with Crippen LogP contribution < -0.4 is 0 Å². The number of likely N-dealkylation sites (tertiary alicyclic amines) is 2. The minimum Gasteiger partial charge on any atom is -0.462 e. The molecule has 10 rings (SSSR count). The van der Waals surface area contributed by atoms with Crippen molar-refractivity contribution in [2.45, 2.75) is 132 Å². The molecule has 3 saturated heterocycles. The van der Waals surface area contributed by atoms with Gasteiger partial charge in [0.25, 0.3) is 11.8 Å². The van der Waals surface area contributed by atoms with Crippen LogP contribution >= 0.6 is 11.3 Å². The third-order valence-corrected chi connectivity index (χ3v) is 21.2. The quantitative estimate of drug-likeness (QED) is 0.0279. The number of fused-ring (bicyclic) bond motifs is 2. The highest BCUT2D eigenvalue weighted by atomic mass is 32.1. The topological polar surface area (TPSA) is 132 Å². The molecule has 4 amide bonds. The second-order valence-electron chi connectivity index (χ2n) is 26.6. The number of rotatable bonds is 27. The van der Waals surface area contributed by atoms with Gasteiger partial charge in [0.2, 0.25) is 11.8 Å². The van der Waals surface area contributed by atoms with Crippen LogP contribution in [0.1, 0.15) is 134 Å². The molecule has 2 atom stereocenters. The van der Waals surface area contributed by atoms with E-state index in [1.165, 1.54) is 41.2 Å². The summed E-state index contributed by atoms with van der Waals surface area (Å²) >= 11 is 1.53. The number of carbonyl (C=O) groups is 5. The second kappa shape index (κ2) is 32.0. The first-order valence-electron chi connectivity index (χ1n) is 33.7. The van der Waals surface area contributed by atoms with Crippen LogP contribution in [0.25, 0.3) is 11.1 Å². The maximum Gasteiger partial charge on any atom is 0.416 e. The molecule has 4 heterocycles. The van der Waals surface area contributed by atoms with Gasteiger partial charge in [-0.25, -0.2) is 4.39 Å². The maximum absolute atomic E-state index is 14.3. The van der Waals surface area contributed by atoms with Crippen LogP contribution in [0.4, 0.5) is 30.7 Å². The Hall–Kier alpha value is -7.50. The van der Waals surface area contributed by atoms with E-state index in [4.69, 9.17) is 14.2 Å². The van der Waals surface area contributed by atoms with Gasteiger partial charge in [0.1, 0.15) is 30.9 Å². The number of piperidine rings is 2. The standard InChI is InChI=1S/C75H87F7N6O8S/c1-52-43-62(21-10-5-6-11-24-66(89)84(3)41-42-86-36-29-61(30-37-86)96-68(91)47-54-19-12-14-22-63(54)53-17-8-7-9-18-53)97-69(52)71(93)85(4)35-16-34-83(2)67(90)49-94-65-46-55-20-13-15-23-64(55)72(65)31-38-87(39-32-72)40-33-73(57-25-27-60(76)28-26-57)50-88(51-95-73)70(92)56-44-58(74(77,78)79)48-59(45-56)75(80,81)82/h7-9,12-15,17-20,22-23,25-28,43-45,48,61,65H,5-6,10-11,16,21,24,29-42,46-47,49-51H2,1-4H3/t65-,73-/m0/s1. The van der Waals surface area contributed by atoms with Gasteiger partial charge in [-0.15, -0.1) is 11.3 Å². The molecule has 97 heavy (non-hydrogen) atoms. The van der Waals surface area contributed by atoms with Crippen molar-refractivity contribution < 1.29 is 68.9 Å². The van der Waals surface area contributed by atoms with Crippen molar-refractivity contribution in [3.8, 4) is 11.1 Å². The van der Waals surface area contributed by atoms with Crippen molar-refractivity contribution in [1.82, 2.24) is 29.4 Å². The summed E-state index contributed by atoms with van der Waals surface area (Å²) in [5.41, 5.74) is 1.15. The zero-order chi connectivity index (χ0) is 69.1. The van der Waals surface area contributed by atoms with E-state index < -0.39 is 58.5 Å². The van der Waals surface area contributed by atoms with Gasteiger partial charge < -0.3 is 43.6 Å². The van der Waals surface area contributed by atoms with Crippen molar-refractivity contribution in [1.29, 1.82) is 0 Å². The van der Waals surface area contributed by atoms with Gasteiger partial charge in [-0.05, 0) is 160 Å². The molecule has 3 aliphatic heterocycles. The molecular formula is C75H87F7N6O8S. The molecule has 3 fully saturated rings. The maximum atomic E-state index is 14.3. The van der Waals surface area contributed by atoms with Gasteiger partial charge in [-0.3, -0.25) is 24.0 Å². The highest BCUT2D eigenvalue weighted by Crippen LogP contribution is 2.49. The molecule has 0 unspecified atom stereocenters. The summed E-state index contributed by atoms with van der Waals surface area (Å²) in [4.78, 5) is 79.9. The van der Waals surface area contributed by atoms with Crippen LogP contribution in [0, 0.1) is 12.7 Å². The zero-order valence-electron chi connectivity index (χ0n) is 55.7. The van der Waals surface area contributed by atoms with Gasteiger partial charge in [-0.2, -0.15) is 26.3 Å². The summed E-state index contributed by atoms with van der Waals surface area (Å²) in [5.74, 6) is -1.91. The van der Waals surface area contributed by atoms with Crippen molar-refractivity contribution in [2.75, 3.05) is 99.9 Å². The van der Waals surface area contributed by atoms with Gasteiger partial charge in [0, 0.05) is 89.2 Å². The summed E-state index contributed by atoms with van der Waals surface area (Å²) in [7, 11) is 5.38. The number of hydrogen-bond donors (Lipinski definition) is 0. The summed E-state index contributed by atoms with van der Waals surface area (Å²) in [6, 6.07) is 34.5. The summed E-state index contributed by atoms with van der Waals surface area (Å²) < 4.78 is 116. The average molecular weight is 1370 g/mol. The van der Waals surface area contributed by atoms with Crippen molar-refractivity contribution in [3.05, 3.63) is 187 Å². The fourth-order valence-corrected chi connectivity index (χ4v) is 15.4. The highest BCUT2D eigenvalue weighted by molar-refractivity contribution is 7.14. The molecule has 1 aromatic heterocycles. The first-order chi connectivity index (χ1) is 46.4. The molecule has 1 spiro atoms. The third-order valence-electron chi connectivity index (χ3n) is 19.9. The predicted octanol–water partition coefficient (Wildman–Crippen LogP) is 13.4. The Kier molecular flexibility index (Phi) is 23.8. The largest absolute Gasteiger partial charge is 0.462 e. The van der Waals surface area contributed by atoms with Crippen LogP contribution in [-0.4, -0.2) is 171 Å². The number of benzene rings is 5. The molecule has 520 valence electrons. The number of unbranched alkanes of at least 4 members (excludes halogenated alkanes) is 3. The Labute approximate surface area is 567 Å². The Bertz CT molecular complexity index is 3650. The lowest BCUT2D eigenvalue weighted by molar-refractivity contribution is -0.150. The Balaban J connectivity index is 0.613. The molecule has 0 radical (unpaired) electrons. The number of nitrogens with zero attached hydrogens (tertiary/aromatic N) is 6. The van der Waals surface area contributed by atoms with Crippen LogP contribution in [0.15, 0.2) is 127 Å². The van der Waals surface area contributed by atoms with Gasteiger partial charge in [0.05, 0.1) is 35.1 Å². The summed E-state index contributed by atoms with van der Waals surface area (Å²) in [5, 5.41) is 0. The second-order valence-corrected chi connectivity index (χ2v) is 27.7. The number of amides is 4. The monoisotopic (exact) mass is 1360 g/mol. The SMILES string of the molecule is Cc1cc(CCCCCCC(=O)N(C)CCN2CCC(OC(=O)Cc3ccccc3-c3ccccc3)CC2)sc1C(=O)N(C)CCCN(C)C(=O)CO[C@H]1Cc2ccccc2C12CCN(CC[C@@]1(c3ccc(F)cc3)CN(C(=O)c3cc(C(F)(F)F)cc(C(F)(F)F)c3)CO1)CC2. The van der Waals surface area contributed by atoms with Gasteiger partial charge in [-0.1, -0.05) is 104 Å². The van der Waals surface area contributed by atoms with E-state index >= 15 is 0 Å². The van der Waals surface area contributed by atoms with Gasteiger partial charge >= 0.3 is 18.3 Å². The first kappa shape index (κ1) is 72.2. The normalized spacial score (nSPS) is 18.3. The number of esters is 1. The van der Waals surface area contributed by atoms with E-state index in [1.807, 2.05) is 85.6 Å². The molecule has 22 heteroatoms. The molecule has 0 saturated carbocycles. The number of halogens is 7. The van der Waals surface area contributed by atoms with Crippen LogP contribution in [0.3, 0.4) is 0 Å². The van der Waals surface area contributed by atoms with Crippen LogP contribution in [-0.2, 0) is 71.2 Å².